The second-order valence-electron chi connectivity index (χ2n) is 3.91. The molecule has 0 spiro atoms. The highest BCUT2D eigenvalue weighted by molar-refractivity contribution is 7.85. The summed E-state index contributed by atoms with van der Waals surface area (Å²) in [6, 6.07) is 7.56. The molecule has 18 heavy (non-hydrogen) atoms. The van der Waals surface area contributed by atoms with Crippen LogP contribution in [-0.4, -0.2) is 31.2 Å². The summed E-state index contributed by atoms with van der Waals surface area (Å²) in [5, 5.41) is 0. The molecule has 0 amide bonds. The van der Waals surface area contributed by atoms with Crippen LogP contribution in [0.25, 0.3) is 0 Å². The molecule has 0 aliphatic carbocycles. The van der Waals surface area contributed by atoms with Crippen molar-refractivity contribution >= 4 is 16.0 Å². The molecule has 0 bridgehead atoms. The number of aryl methyl sites for hydroxylation is 1. The molecule has 6 heteroatoms. The first-order valence-corrected chi connectivity index (χ1v) is 7.19. The molecule has 0 heterocycles. The summed E-state index contributed by atoms with van der Waals surface area (Å²) in [6.45, 7) is 3.94. The van der Waals surface area contributed by atoms with Crippen molar-refractivity contribution in [3.05, 3.63) is 29.8 Å². The van der Waals surface area contributed by atoms with E-state index in [1.165, 1.54) is 0 Å². The van der Waals surface area contributed by atoms with Gasteiger partial charge in [-0.1, -0.05) is 18.2 Å². The van der Waals surface area contributed by atoms with E-state index in [2.05, 4.69) is 4.99 Å². The van der Waals surface area contributed by atoms with E-state index in [1.54, 1.807) is 6.92 Å². The van der Waals surface area contributed by atoms with Crippen LogP contribution >= 0.6 is 0 Å². The molecule has 100 valence electrons. The number of hydrogen-bond donors (Lipinski definition) is 1. The quantitative estimate of drug-likeness (QED) is 0.385. The first-order valence-electron chi connectivity index (χ1n) is 5.58. The summed E-state index contributed by atoms with van der Waals surface area (Å²) < 4.78 is 35.0. The number of nitrogens with zero attached hydrogens (tertiary/aromatic N) is 1. The molecule has 1 N–H and O–H groups in total. The second kappa shape index (κ2) is 6.51. The molecule has 5 nitrogen and oxygen atoms in total. The molecule has 0 atom stereocenters. The third-order valence-corrected chi connectivity index (χ3v) is 3.05. The maximum atomic E-state index is 10.5. The third kappa shape index (κ3) is 5.79. The van der Waals surface area contributed by atoms with Gasteiger partial charge in [0.2, 0.25) is 0 Å². The van der Waals surface area contributed by atoms with Crippen LogP contribution in [0.2, 0.25) is 0 Å². The van der Waals surface area contributed by atoms with Gasteiger partial charge in [-0.25, -0.2) is 0 Å². The number of benzene rings is 1. The van der Waals surface area contributed by atoms with Crippen molar-refractivity contribution in [2.75, 3.05) is 12.3 Å². The highest BCUT2D eigenvalue weighted by atomic mass is 32.2. The zero-order valence-corrected chi connectivity index (χ0v) is 11.3. The van der Waals surface area contributed by atoms with Gasteiger partial charge in [-0.05, 0) is 25.0 Å². The van der Waals surface area contributed by atoms with E-state index in [-0.39, 0.29) is 12.2 Å². The van der Waals surface area contributed by atoms with E-state index in [0.29, 0.717) is 12.4 Å². The highest BCUT2D eigenvalue weighted by Gasteiger charge is 2.03. The zero-order chi connectivity index (χ0) is 13.6. The minimum Gasteiger partial charge on any atom is -0.443 e. The molecule has 1 aromatic carbocycles. The van der Waals surface area contributed by atoms with Gasteiger partial charge in [-0.2, -0.15) is 8.42 Å². The van der Waals surface area contributed by atoms with E-state index in [4.69, 9.17) is 9.29 Å². The fraction of sp³-hybridized carbons (Fsp3) is 0.417. The van der Waals surface area contributed by atoms with Crippen molar-refractivity contribution in [1.82, 2.24) is 0 Å². The van der Waals surface area contributed by atoms with Gasteiger partial charge >= 0.3 is 0 Å². The first kappa shape index (κ1) is 14.7. The van der Waals surface area contributed by atoms with E-state index in [9.17, 15) is 8.42 Å². The highest BCUT2D eigenvalue weighted by Crippen LogP contribution is 2.16. The molecular formula is C12H17NO4S. The van der Waals surface area contributed by atoms with Gasteiger partial charge in [0.15, 0.2) is 5.90 Å². The standard InChI is InChI=1S/C12H17NO4S/c1-10-6-3-4-7-12(10)17-11(2)13-8-5-9-18(14,15)16/h3-4,6-7H,5,8-9H2,1-2H3,(H,14,15,16)/b13-11+. The summed E-state index contributed by atoms with van der Waals surface area (Å²) in [5.74, 6) is 0.918. The van der Waals surface area contributed by atoms with Crippen molar-refractivity contribution in [2.45, 2.75) is 20.3 Å². The van der Waals surface area contributed by atoms with Crippen LogP contribution in [0.15, 0.2) is 29.3 Å². The smallest absolute Gasteiger partial charge is 0.264 e. The SMILES string of the molecule is C/C(=N\CCCS(=O)(=O)O)Oc1ccccc1C. The molecule has 1 aromatic rings. The molecule has 0 aliphatic rings. The fourth-order valence-electron chi connectivity index (χ4n) is 1.35. The largest absolute Gasteiger partial charge is 0.443 e. The Labute approximate surface area is 107 Å². The Morgan fingerprint density at radius 3 is 2.67 bits per heavy atom. The van der Waals surface area contributed by atoms with E-state index in [0.717, 1.165) is 11.3 Å². The average Bonchev–Trinajstić information content (AvgIpc) is 2.26. The van der Waals surface area contributed by atoms with Crippen molar-refractivity contribution in [3.8, 4) is 5.75 Å². The lowest BCUT2D eigenvalue weighted by molar-refractivity contribution is 0.481. The maximum Gasteiger partial charge on any atom is 0.264 e. The maximum absolute atomic E-state index is 10.5. The van der Waals surface area contributed by atoms with Crippen molar-refractivity contribution in [3.63, 3.8) is 0 Å². The Balaban J connectivity index is 2.46. The molecule has 0 saturated carbocycles. The summed E-state index contributed by atoms with van der Waals surface area (Å²) >= 11 is 0. The van der Waals surface area contributed by atoms with Gasteiger partial charge in [-0.3, -0.25) is 9.55 Å². The Bertz CT molecular complexity index is 523. The molecule has 0 fully saturated rings. The van der Waals surface area contributed by atoms with Crippen LogP contribution in [-0.2, 0) is 10.1 Å². The van der Waals surface area contributed by atoms with Crippen LogP contribution in [0.5, 0.6) is 5.75 Å². The number of aliphatic imine (C=N–C) groups is 1. The third-order valence-electron chi connectivity index (χ3n) is 2.25. The van der Waals surface area contributed by atoms with Crippen molar-refractivity contribution < 1.29 is 17.7 Å². The average molecular weight is 271 g/mol. The molecule has 1 rings (SSSR count). The fourth-order valence-corrected chi connectivity index (χ4v) is 1.84. The van der Waals surface area contributed by atoms with Crippen molar-refractivity contribution in [2.24, 2.45) is 4.99 Å². The van der Waals surface area contributed by atoms with Crippen LogP contribution in [0.3, 0.4) is 0 Å². The van der Waals surface area contributed by atoms with Gasteiger partial charge in [-0.15, -0.1) is 0 Å². The molecule has 0 radical (unpaired) electrons. The monoisotopic (exact) mass is 271 g/mol. The second-order valence-corrected chi connectivity index (χ2v) is 5.48. The molecular weight excluding hydrogens is 254 g/mol. The Hall–Kier alpha value is -1.40. The van der Waals surface area contributed by atoms with Crippen LogP contribution in [0.1, 0.15) is 18.9 Å². The van der Waals surface area contributed by atoms with Gasteiger partial charge < -0.3 is 4.74 Å². The van der Waals surface area contributed by atoms with Gasteiger partial charge in [0.1, 0.15) is 5.75 Å². The number of hydrogen-bond acceptors (Lipinski definition) is 4. The van der Waals surface area contributed by atoms with Gasteiger partial charge in [0.25, 0.3) is 10.1 Å². The number of ether oxygens (including phenoxy) is 1. The number of rotatable bonds is 5. The van der Waals surface area contributed by atoms with Crippen LogP contribution < -0.4 is 4.74 Å². The summed E-state index contributed by atoms with van der Waals surface area (Å²) in [6.07, 6.45) is 0.271. The summed E-state index contributed by atoms with van der Waals surface area (Å²) in [5.41, 5.74) is 1.00. The van der Waals surface area contributed by atoms with Crippen LogP contribution in [0, 0.1) is 6.92 Å². The predicted molar refractivity (Wildman–Crippen MR) is 70.8 cm³/mol. The topological polar surface area (TPSA) is 76.0 Å². The lowest BCUT2D eigenvalue weighted by Crippen LogP contribution is -2.08. The lowest BCUT2D eigenvalue weighted by atomic mass is 10.2. The molecule has 0 aliphatic heterocycles. The Kier molecular flexibility index (Phi) is 5.30. The van der Waals surface area contributed by atoms with E-state index >= 15 is 0 Å². The van der Waals surface area contributed by atoms with Gasteiger partial charge in [0.05, 0.1) is 5.75 Å². The Morgan fingerprint density at radius 1 is 1.39 bits per heavy atom. The first-order chi connectivity index (χ1) is 8.38. The molecule has 0 aromatic heterocycles. The molecule has 0 saturated heterocycles. The van der Waals surface area contributed by atoms with Crippen molar-refractivity contribution in [1.29, 1.82) is 0 Å². The normalized spacial score (nSPS) is 12.5. The van der Waals surface area contributed by atoms with Crippen LogP contribution in [0.4, 0.5) is 0 Å². The summed E-state index contributed by atoms with van der Waals surface area (Å²) in [4.78, 5) is 4.08. The lowest BCUT2D eigenvalue weighted by Gasteiger charge is -2.07. The Morgan fingerprint density at radius 2 is 2.06 bits per heavy atom. The summed E-state index contributed by atoms with van der Waals surface area (Å²) in [7, 11) is -3.90. The minimum absolute atomic E-state index is 0.271. The van der Waals surface area contributed by atoms with E-state index < -0.39 is 10.1 Å². The van der Waals surface area contributed by atoms with E-state index in [1.807, 2.05) is 31.2 Å². The predicted octanol–water partition coefficient (Wildman–Crippen LogP) is 2.07. The minimum atomic E-state index is -3.90. The van der Waals surface area contributed by atoms with Gasteiger partial charge in [0, 0.05) is 13.5 Å². The zero-order valence-electron chi connectivity index (χ0n) is 10.5. The number of para-hydroxylation sites is 1. The molecule has 0 unspecified atom stereocenters.